The molecule has 0 aliphatic heterocycles. The van der Waals surface area contributed by atoms with E-state index in [-0.39, 0.29) is 12.2 Å². The minimum atomic E-state index is -1.45. The number of nitrogens with zero attached hydrogens (tertiary/aromatic N) is 1. The molecule has 5 nitrogen and oxygen atoms in total. The molecule has 2 amide bonds. The summed E-state index contributed by atoms with van der Waals surface area (Å²) in [5.74, 6) is -2.88. The Morgan fingerprint density at radius 3 is 2.40 bits per heavy atom. The van der Waals surface area contributed by atoms with Gasteiger partial charge in [-0.3, -0.25) is 0 Å². The monoisotopic (exact) mass is 286 g/mol. The van der Waals surface area contributed by atoms with E-state index in [1.807, 2.05) is 0 Å². The molecule has 0 bridgehead atoms. The first kappa shape index (κ1) is 15.9. The number of carboxylic acid groups (broad SMARTS) is 1. The number of aliphatic carboxylic acids is 1. The number of likely N-dealkylation sites (N-methyl/N-ethyl adjacent to an activating group) is 1. The maximum Gasteiger partial charge on any atom is 0.329 e. The first-order valence-corrected chi connectivity index (χ1v) is 5.97. The van der Waals surface area contributed by atoms with Crippen molar-refractivity contribution in [2.24, 2.45) is 0 Å². The summed E-state index contributed by atoms with van der Waals surface area (Å²) >= 11 is 0. The Hall–Kier alpha value is -2.18. The van der Waals surface area contributed by atoms with Crippen molar-refractivity contribution in [2.75, 3.05) is 11.9 Å². The van der Waals surface area contributed by atoms with Crippen LogP contribution in [0.3, 0.4) is 0 Å². The van der Waals surface area contributed by atoms with Crippen LogP contribution in [-0.4, -0.2) is 34.1 Å². The number of halogens is 2. The predicted octanol–water partition coefficient (Wildman–Crippen LogP) is 2.68. The fourth-order valence-corrected chi connectivity index (χ4v) is 1.68. The Bertz CT molecular complexity index is 532. The number of nitrogens with one attached hydrogen (secondary N) is 1. The zero-order valence-electron chi connectivity index (χ0n) is 11.4. The Kier molecular flexibility index (Phi) is 4.65. The van der Waals surface area contributed by atoms with Gasteiger partial charge in [-0.2, -0.15) is 0 Å². The van der Waals surface area contributed by atoms with Crippen molar-refractivity contribution in [3.63, 3.8) is 0 Å². The molecule has 7 heteroatoms. The number of rotatable bonds is 4. The van der Waals surface area contributed by atoms with Gasteiger partial charge in [-0.15, -0.1) is 0 Å². The molecular weight excluding hydrogens is 270 g/mol. The van der Waals surface area contributed by atoms with Crippen LogP contribution in [0.4, 0.5) is 19.3 Å². The average molecular weight is 286 g/mol. The third-order valence-electron chi connectivity index (χ3n) is 2.93. The molecule has 0 aromatic heterocycles. The van der Waals surface area contributed by atoms with Crippen LogP contribution in [-0.2, 0) is 4.79 Å². The van der Waals surface area contributed by atoms with Crippen molar-refractivity contribution in [3.8, 4) is 0 Å². The lowest BCUT2D eigenvalue weighted by atomic mass is 10.0. The molecule has 1 aromatic carbocycles. The first-order chi connectivity index (χ1) is 9.20. The van der Waals surface area contributed by atoms with E-state index in [9.17, 15) is 18.4 Å². The molecule has 0 saturated heterocycles. The van der Waals surface area contributed by atoms with Crippen LogP contribution < -0.4 is 5.32 Å². The summed E-state index contributed by atoms with van der Waals surface area (Å²) in [6, 6.07) is 1.93. The van der Waals surface area contributed by atoms with Crippen molar-refractivity contribution >= 4 is 17.7 Å². The highest BCUT2D eigenvalue weighted by atomic mass is 19.1. The fourth-order valence-electron chi connectivity index (χ4n) is 1.68. The lowest BCUT2D eigenvalue weighted by molar-refractivity contribution is -0.147. The summed E-state index contributed by atoms with van der Waals surface area (Å²) in [5.41, 5.74) is -1.66. The third kappa shape index (κ3) is 3.23. The van der Waals surface area contributed by atoms with Gasteiger partial charge in [-0.05, 0) is 32.9 Å². The number of hydrogen-bond acceptors (Lipinski definition) is 2. The topological polar surface area (TPSA) is 69.6 Å². The molecule has 2 N–H and O–H groups in total. The van der Waals surface area contributed by atoms with Crippen molar-refractivity contribution in [1.29, 1.82) is 0 Å². The van der Waals surface area contributed by atoms with E-state index in [1.54, 1.807) is 6.92 Å². The van der Waals surface area contributed by atoms with Gasteiger partial charge in [0.15, 0.2) is 0 Å². The lowest BCUT2D eigenvalue weighted by Crippen LogP contribution is -2.54. The molecule has 0 unspecified atom stereocenters. The van der Waals surface area contributed by atoms with Crippen molar-refractivity contribution in [1.82, 2.24) is 4.90 Å². The number of carbonyl (C=O) groups is 2. The number of benzene rings is 1. The van der Waals surface area contributed by atoms with Gasteiger partial charge in [0.05, 0.1) is 5.69 Å². The van der Waals surface area contributed by atoms with Gasteiger partial charge in [0, 0.05) is 12.6 Å². The van der Waals surface area contributed by atoms with E-state index in [0.717, 1.165) is 17.0 Å². The summed E-state index contributed by atoms with van der Waals surface area (Å²) in [4.78, 5) is 24.2. The van der Waals surface area contributed by atoms with E-state index in [0.29, 0.717) is 6.07 Å². The maximum absolute atomic E-state index is 13.4. The molecule has 20 heavy (non-hydrogen) atoms. The molecule has 0 radical (unpaired) electrons. The lowest BCUT2D eigenvalue weighted by Gasteiger charge is -2.34. The molecule has 0 spiro atoms. The van der Waals surface area contributed by atoms with E-state index in [2.05, 4.69) is 5.32 Å². The largest absolute Gasteiger partial charge is 0.480 e. The van der Waals surface area contributed by atoms with Gasteiger partial charge in [0.25, 0.3) is 0 Å². The molecule has 0 fully saturated rings. The number of amides is 2. The number of carbonyl (C=O) groups excluding carboxylic acids is 1. The third-order valence-corrected chi connectivity index (χ3v) is 2.93. The Labute approximate surface area is 115 Å². The number of anilines is 1. The van der Waals surface area contributed by atoms with Crippen LogP contribution in [0.2, 0.25) is 0 Å². The highest BCUT2D eigenvalue weighted by molar-refractivity contribution is 5.93. The van der Waals surface area contributed by atoms with E-state index < -0.39 is 29.2 Å². The molecule has 0 saturated carbocycles. The van der Waals surface area contributed by atoms with Gasteiger partial charge in [-0.1, -0.05) is 0 Å². The minimum Gasteiger partial charge on any atom is -0.480 e. The van der Waals surface area contributed by atoms with Crippen LogP contribution in [0, 0.1) is 11.6 Å². The Morgan fingerprint density at radius 1 is 1.35 bits per heavy atom. The second-order valence-corrected chi connectivity index (χ2v) is 4.66. The van der Waals surface area contributed by atoms with Crippen LogP contribution in [0.1, 0.15) is 20.8 Å². The molecular formula is C13H16F2N2O3. The molecule has 0 aliphatic rings. The van der Waals surface area contributed by atoms with Crippen LogP contribution >= 0.6 is 0 Å². The summed E-state index contributed by atoms with van der Waals surface area (Å²) in [5, 5.41) is 11.3. The SMILES string of the molecule is CCN(C(=O)Nc1ccc(F)cc1F)C(C)(C)C(=O)O. The van der Waals surface area contributed by atoms with Gasteiger partial charge in [-0.25, -0.2) is 18.4 Å². The Morgan fingerprint density at radius 2 is 1.95 bits per heavy atom. The number of urea groups is 1. The predicted molar refractivity (Wildman–Crippen MR) is 69.5 cm³/mol. The summed E-state index contributed by atoms with van der Waals surface area (Å²) in [6.07, 6.45) is 0. The average Bonchev–Trinajstić information content (AvgIpc) is 2.33. The van der Waals surface area contributed by atoms with Gasteiger partial charge >= 0.3 is 12.0 Å². The second-order valence-electron chi connectivity index (χ2n) is 4.66. The van der Waals surface area contributed by atoms with Crippen molar-refractivity contribution in [3.05, 3.63) is 29.8 Å². The normalized spacial score (nSPS) is 11.1. The molecule has 1 rings (SSSR count). The summed E-state index contributed by atoms with van der Waals surface area (Å²) in [6.45, 7) is 4.44. The molecule has 0 atom stereocenters. The van der Waals surface area contributed by atoms with Gasteiger partial charge < -0.3 is 15.3 Å². The molecule has 0 heterocycles. The molecule has 0 aliphatic carbocycles. The smallest absolute Gasteiger partial charge is 0.329 e. The second kappa shape index (κ2) is 5.85. The van der Waals surface area contributed by atoms with Gasteiger partial charge in [0.2, 0.25) is 0 Å². The zero-order valence-corrected chi connectivity index (χ0v) is 11.4. The quantitative estimate of drug-likeness (QED) is 0.894. The summed E-state index contributed by atoms with van der Waals surface area (Å²) in [7, 11) is 0. The summed E-state index contributed by atoms with van der Waals surface area (Å²) < 4.78 is 26.2. The highest BCUT2D eigenvalue weighted by Gasteiger charge is 2.37. The Balaban J connectivity index is 2.96. The first-order valence-electron chi connectivity index (χ1n) is 5.97. The van der Waals surface area contributed by atoms with Crippen molar-refractivity contribution < 1.29 is 23.5 Å². The maximum atomic E-state index is 13.4. The zero-order chi connectivity index (χ0) is 15.5. The van der Waals surface area contributed by atoms with E-state index in [1.165, 1.54) is 13.8 Å². The van der Waals surface area contributed by atoms with Crippen LogP contribution in [0.15, 0.2) is 18.2 Å². The minimum absolute atomic E-state index is 0.119. The van der Waals surface area contributed by atoms with Gasteiger partial charge in [0.1, 0.15) is 17.2 Å². The molecule has 1 aromatic rings. The molecule has 110 valence electrons. The highest BCUT2D eigenvalue weighted by Crippen LogP contribution is 2.19. The van der Waals surface area contributed by atoms with Crippen LogP contribution in [0.25, 0.3) is 0 Å². The van der Waals surface area contributed by atoms with E-state index >= 15 is 0 Å². The van der Waals surface area contributed by atoms with Crippen molar-refractivity contribution in [2.45, 2.75) is 26.3 Å². The van der Waals surface area contributed by atoms with Crippen LogP contribution in [0.5, 0.6) is 0 Å². The standard InChI is InChI=1S/C13H16F2N2O3/c1-4-17(13(2,3)11(18)19)12(20)16-10-6-5-8(14)7-9(10)15/h5-7H,4H2,1-3H3,(H,16,20)(H,18,19). The van der Waals surface area contributed by atoms with E-state index in [4.69, 9.17) is 5.11 Å². The fraction of sp³-hybridized carbons (Fsp3) is 0.385. The number of hydrogen-bond donors (Lipinski definition) is 2. The number of carboxylic acids is 1.